The van der Waals surface area contributed by atoms with E-state index in [-0.39, 0.29) is 22.9 Å². The largest absolute Gasteiger partial charge is 0.364 e. The minimum Gasteiger partial charge on any atom is -0.364 e. The van der Waals surface area contributed by atoms with Crippen molar-refractivity contribution in [3.05, 3.63) is 88.6 Å². The maximum atomic E-state index is 13.9. The Kier molecular flexibility index (Phi) is 5.47. The van der Waals surface area contributed by atoms with Crippen LogP contribution in [0.1, 0.15) is 57.3 Å². The van der Waals surface area contributed by atoms with Crippen LogP contribution in [0.25, 0.3) is 11.1 Å². The zero-order valence-electron chi connectivity index (χ0n) is 21.1. The first-order chi connectivity index (χ1) is 17.9. The number of nitrogens with zero attached hydrogens (tertiary/aromatic N) is 2. The Morgan fingerprint density at radius 3 is 2.49 bits per heavy atom. The Morgan fingerprint density at radius 2 is 1.84 bits per heavy atom. The predicted molar refractivity (Wildman–Crippen MR) is 139 cm³/mol. The Balaban J connectivity index is 1.31. The van der Waals surface area contributed by atoms with E-state index in [0.717, 1.165) is 47.3 Å². The van der Waals surface area contributed by atoms with Crippen molar-refractivity contribution >= 4 is 17.5 Å². The van der Waals surface area contributed by atoms with Crippen LogP contribution in [0, 0.1) is 26.2 Å². The van der Waals surface area contributed by atoms with E-state index in [1.165, 1.54) is 11.8 Å². The highest BCUT2D eigenvalue weighted by Crippen LogP contribution is 2.64. The molecule has 1 spiro atoms. The summed E-state index contributed by atoms with van der Waals surface area (Å²) in [6.45, 7) is 5.71. The quantitative estimate of drug-likeness (QED) is 0.354. The van der Waals surface area contributed by atoms with E-state index in [1.807, 2.05) is 50.2 Å². The fraction of sp³-hybridized carbons (Fsp3) is 0.310. The zero-order valence-corrected chi connectivity index (χ0v) is 21.1. The number of aromatic nitrogens is 3. The molecule has 0 radical (unpaired) electrons. The van der Waals surface area contributed by atoms with Gasteiger partial charge in [-0.05, 0) is 74.3 Å². The molecule has 0 aliphatic heterocycles. The molecule has 37 heavy (non-hydrogen) atoms. The number of benzene rings is 2. The molecule has 2 aliphatic carbocycles. The Bertz CT molecular complexity index is 1480. The van der Waals surface area contributed by atoms with Gasteiger partial charge in [0.25, 0.3) is 5.91 Å². The van der Waals surface area contributed by atoms with Crippen LogP contribution in [0.2, 0.25) is 0 Å². The molecule has 0 saturated heterocycles. The van der Waals surface area contributed by atoms with Crippen LogP contribution in [0.5, 0.6) is 0 Å². The van der Waals surface area contributed by atoms with E-state index < -0.39 is 11.9 Å². The molecular weight excluding hydrogens is 466 g/mol. The lowest BCUT2D eigenvalue weighted by molar-refractivity contribution is -0.118. The van der Waals surface area contributed by atoms with Gasteiger partial charge in [-0.2, -0.15) is 5.10 Å². The lowest BCUT2D eigenvalue weighted by Crippen LogP contribution is -2.49. The molecule has 2 aliphatic rings. The molecule has 2 heterocycles. The van der Waals surface area contributed by atoms with Crippen molar-refractivity contribution in [2.45, 2.75) is 52.0 Å². The maximum Gasteiger partial charge on any atom is 0.274 e. The lowest BCUT2D eigenvalue weighted by atomic mass is 9.82. The van der Waals surface area contributed by atoms with Crippen LogP contribution < -0.4 is 10.6 Å². The molecule has 1 fully saturated rings. The average molecular weight is 496 g/mol. The molecule has 1 saturated carbocycles. The third-order valence-electron chi connectivity index (χ3n) is 7.92. The summed E-state index contributed by atoms with van der Waals surface area (Å²) < 4.78 is 4.98. The smallest absolute Gasteiger partial charge is 0.274 e. The minimum atomic E-state index is -0.757. The van der Waals surface area contributed by atoms with Crippen molar-refractivity contribution in [3.63, 3.8) is 0 Å². The van der Waals surface area contributed by atoms with E-state index in [0.29, 0.717) is 11.3 Å². The van der Waals surface area contributed by atoms with Gasteiger partial charge >= 0.3 is 0 Å². The molecular formula is C29H29N5O3. The number of aryl methyl sites for hydroxylation is 3. The first-order valence-electron chi connectivity index (χ1n) is 12.6. The average Bonchev–Trinajstić information content (AvgIpc) is 3.21. The highest BCUT2D eigenvalue weighted by atomic mass is 16.5. The summed E-state index contributed by atoms with van der Waals surface area (Å²) >= 11 is 0. The topological polar surface area (TPSA) is 113 Å². The number of carbonyl (C=O) groups is 2. The van der Waals surface area contributed by atoms with Crippen LogP contribution in [-0.2, 0) is 11.2 Å². The van der Waals surface area contributed by atoms with Crippen molar-refractivity contribution in [3.8, 4) is 11.1 Å². The second kappa shape index (κ2) is 8.73. The van der Waals surface area contributed by atoms with Gasteiger partial charge in [0.1, 0.15) is 12.3 Å². The fourth-order valence-electron chi connectivity index (χ4n) is 5.93. The summed E-state index contributed by atoms with van der Waals surface area (Å²) in [5.41, 5.74) is 7.89. The van der Waals surface area contributed by atoms with Crippen molar-refractivity contribution in [2.75, 3.05) is 5.32 Å². The molecule has 2 aromatic heterocycles. The van der Waals surface area contributed by atoms with Crippen LogP contribution in [0.4, 0.5) is 5.69 Å². The first-order valence-corrected chi connectivity index (χ1v) is 12.6. The Morgan fingerprint density at radius 1 is 1.08 bits per heavy atom. The molecule has 2 amide bonds. The molecule has 2 atom stereocenters. The summed E-state index contributed by atoms with van der Waals surface area (Å²) in [5, 5.41) is 17.2. The third kappa shape index (κ3) is 4.02. The van der Waals surface area contributed by atoms with Gasteiger partial charge in [0.15, 0.2) is 5.69 Å². The standard InChI is InChI=1S/C29H29N5O3/c1-16-15-37-34-25(16)27(35)31-26(24-22-7-5-4-6-20(22)14-29(24)12-13-29)28(36)30-21-10-8-19(9-11-21)23-17(2)32-33-18(23)3/h4-11,15,24,26H,12-14H2,1-3H3,(H,30,36)(H,31,35)(H,32,33)/t24?,26-/m0/s1. The van der Waals surface area contributed by atoms with Crippen LogP contribution in [0.15, 0.2) is 59.3 Å². The number of rotatable bonds is 6. The summed E-state index contributed by atoms with van der Waals surface area (Å²) in [5.74, 6) is -0.769. The van der Waals surface area contributed by atoms with Crippen molar-refractivity contribution in [1.29, 1.82) is 0 Å². The zero-order chi connectivity index (χ0) is 25.7. The van der Waals surface area contributed by atoms with E-state index >= 15 is 0 Å². The van der Waals surface area contributed by atoms with Crippen LogP contribution in [-0.4, -0.2) is 33.2 Å². The van der Waals surface area contributed by atoms with E-state index in [4.69, 9.17) is 4.52 Å². The number of H-pyrrole nitrogens is 1. The molecule has 3 N–H and O–H groups in total. The van der Waals surface area contributed by atoms with E-state index in [1.54, 1.807) is 6.92 Å². The molecule has 0 bridgehead atoms. The van der Waals surface area contributed by atoms with Crippen LogP contribution >= 0.6 is 0 Å². The third-order valence-corrected chi connectivity index (χ3v) is 7.92. The predicted octanol–water partition coefficient (Wildman–Crippen LogP) is 4.85. The van der Waals surface area contributed by atoms with Gasteiger partial charge in [0, 0.05) is 28.4 Å². The molecule has 6 rings (SSSR count). The summed E-state index contributed by atoms with van der Waals surface area (Å²) in [4.78, 5) is 27.1. The molecule has 4 aromatic rings. The molecule has 1 unspecified atom stereocenters. The summed E-state index contributed by atoms with van der Waals surface area (Å²) in [6.07, 6.45) is 4.43. The number of fused-ring (bicyclic) bond motifs is 1. The second-order valence-corrected chi connectivity index (χ2v) is 10.4. The molecule has 8 heteroatoms. The number of anilines is 1. The number of carbonyl (C=O) groups excluding carboxylic acids is 2. The van der Waals surface area contributed by atoms with Gasteiger partial charge in [-0.15, -0.1) is 0 Å². The normalized spacial score (nSPS) is 17.9. The highest BCUT2D eigenvalue weighted by molar-refractivity contribution is 6.01. The van der Waals surface area contributed by atoms with Gasteiger partial charge in [-0.3, -0.25) is 14.7 Å². The van der Waals surface area contributed by atoms with Crippen molar-refractivity contribution in [2.24, 2.45) is 5.41 Å². The van der Waals surface area contributed by atoms with Gasteiger partial charge in [0.05, 0.1) is 5.69 Å². The van der Waals surface area contributed by atoms with E-state index in [9.17, 15) is 9.59 Å². The Labute approximate surface area is 214 Å². The first kappa shape index (κ1) is 23.2. The highest BCUT2D eigenvalue weighted by Gasteiger charge is 2.58. The van der Waals surface area contributed by atoms with Gasteiger partial charge < -0.3 is 15.2 Å². The number of nitrogens with one attached hydrogen (secondary N) is 3. The van der Waals surface area contributed by atoms with Gasteiger partial charge in [-0.1, -0.05) is 41.6 Å². The number of amides is 2. The fourth-order valence-corrected chi connectivity index (χ4v) is 5.93. The lowest BCUT2D eigenvalue weighted by Gasteiger charge is -2.29. The minimum absolute atomic E-state index is 0.00195. The summed E-state index contributed by atoms with van der Waals surface area (Å²) in [7, 11) is 0. The molecule has 2 aromatic carbocycles. The summed E-state index contributed by atoms with van der Waals surface area (Å²) in [6, 6.07) is 15.2. The maximum absolute atomic E-state index is 13.9. The molecule has 188 valence electrons. The number of hydrogen-bond donors (Lipinski definition) is 3. The number of hydrogen-bond acceptors (Lipinski definition) is 5. The van der Waals surface area contributed by atoms with Crippen molar-refractivity contribution in [1.82, 2.24) is 20.7 Å². The van der Waals surface area contributed by atoms with Gasteiger partial charge in [0.2, 0.25) is 5.91 Å². The second-order valence-electron chi connectivity index (χ2n) is 10.4. The Hall–Kier alpha value is -4.20. The number of aromatic amines is 1. The molecule has 8 nitrogen and oxygen atoms in total. The SMILES string of the molecule is Cc1conc1C(=O)N[C@H](C(=O)Nc1ccc(-c2c(C)n[nH]c2C)cc1)C1c2ccccc2CC12CC2. The monoisotopic (exact) mass is 495 g/mol. The van der Waals surface area contributed by atoms with E-state index in [2.05, 4.69) is 38.1 Å². The van der Waals surface area contributed by atoms with Gasteiger partial charge in [-0.25, -0.2) is 0 Å². The van der Waals surface area contributed by atoms with Crippen LogP contribution in [0.3, 0.4) is 0 Å². The van der Waals surface area contributed by atoms with Crippen molar-refractivity contribution < 1.29 is 14.1 Å².